The second-order valence-electron chi connectivity index (χ2n) is 3.42. The number of hydrogen-bond donors (Lipinski definition) is 0. The van der Waals surface area contributed by atoms with Crippen molar-refractivity contribution in [1.29, 1.82) is 0 Å². The number of unbranched alkanes of at least 4 members (excludes halogenated alkanes) is 2. The average molecular weight is 194 g/mol. The van der Waals surface area contributed by atoms with E-state index in [9.17, 15) is 0 Å². The average Bonchev–Trinajstić information content (AvgIpc) is 2.18. The Labute approximate surface area is 88.0 Å². The largest absolute Gasteiger partial charge is 0.303 e. The van der Waals surface area contributed by atoms with Crippen molar-refractivity contribution in [3.8, 4) is 0 Å². The maximum absolute atomic E-state index is 3.62. The molecule has 0 aromatic rings. The second-order valence-corrected chi connectivity index (χ2v) is 3.42. The van der Waals surface area contributed by atoms with Gasteiger partial charge in [0.15, 0.2) is 0 Å². The van der Waals surface area contributed by atoms with Gasteiger partial charge < -0.3 is 4.90 Å². The van der Waals surface area contributed by atoms with Crippen molar-refractivity contribution in [3.63, 3.8) is 0 Å². The molecule has 0 saturated carbocycles. The fraction of sp³-hybridized carbons (Fsp3) is 0.583. The summed E-state index contributed by atoms with van der Waals surface area (Å²) in [4.78, 5) is 5.94. The highest BCUT2D eigenvalue weighted by Crippen LogP contribution is 1.96. The lowest BCUT2D eigenvalue weighted by molar-refractivity contribution is 0.359. The van der Waals surface area contributed by atoms with Crippen molar-refractivity contribution in [2.24, 2.45) is 4.99 Å². The molecule has 0 rings (SSSR count). The van der Waals surface area contributed by atoms with Crippen molar-refractivity contribution in [2.75, 3.05) is 20.1 Å². The van der Waals surface area contributed by atoms with Crippen LogP contribution in [-0.4, -0.2) is 31.8 Å². The molecule has 80 valence electrons. The van der Waals surface area contributed by atoms with Gasteiger partial charge in [-0.05, 0) is 32.8 Å². The summed E-state index contributed by atoms with van der Waals surface area (Å²) in [7, 11) is 2.15. The van der Waals surface area contributed by atoms with Crippen molar-refractivity contribution in [1.82, 2.24) is 4.90 Å². The Morgan fingerprint density at radius 3 is 2.71 bits per heavy atom. The summed E-state index contributed by atoms with van der Waals surface area (Å²) < 4.78 is 0. The van der Waals surface area contributed by atoms with Gasteiger partial charge in [0, 0.05) is 12.7 Å². The number of rotatable bonds is 8. The molecule has 2 heteroatoms. The van der Waals surface area contributed by atoms with Gasteiger partial charge in [-0.3, -0.25) is 4.99 Å². The maximum atomic E-state index is 3.62. The third kappa shape index (κ3) is 9.20. The van der Waals surface area contributed by atoms with Gasteiger partial charge in [-0.2, -0.15) is 0 Å². The minimum atomic E-state index is 1.01. The molecule has 0 aromatic carbocycles. The van der Waals surface area contributed by atoms with Gasteiger partial charge in [-0.25, -0.2) is 0 Å². The Balaban J connectivity index is 3.42. The zero-order valence-electron chi connectivity index (χ0n) is 9.45. The third-order valence-corrected chi connectivity index (χ3v) is 2.00. The highest BCUT2D eigenvalue weighted by molar-refractivity contribution is 5.26. The molecule has 0 aromatic heterocycles. The Kier molecular flexibility index (Phi) is 9.54. The van der Waals surface area contributed by atoms with Crippen LogP contribution in [0.5, 0.6) is 0 Å². The molecule has 14 heavy (non-hydrogen) atoms. The van der Waals surface area contributed by atoms with Gasteiger partial charge in [0.25, 0.3) is 0 Å². The van der Waals surface area contributed by atoms with E-state index in [0.717, 1.165) is 6.54 Å². The van der Waals surface area contributed by atoms with Crippen LogP contribution in [0.3, 0.4) is 0 Å². The van der Waals surface area contributed by atoms with Crippen molar-refractivity contribution < 1.29 is 0 Å². The van der Waals surface area contributed by atoms with Crippen LogP contribution in [0.25, 0.3) is 0 Å². The first-order valence-corrected chi connectivity index (χ1v) is 5.27. The zero-order valence-corrected chi connectivity index (χ0v) is 9.45. The van der Waals surface area contributed by atoms with E-state index in [1.54, 1.807) is 6.20 Å². The van der Waals surface area contributed by atoms with Crippen LogP contribution in [0.4, 0.5) is 0 Å². The lowest BCUT2D eigenvalue weighted by Crippen LogP contribution is -2.19. The molecule has 0 spiro atoms. The smallest absolute Gasteiger partial charge is 0.0260 e. The summed E-state index contributed by atoms with van der Waals surface area (Å²) in [6, 6.07) is 0. The molecule has 0 aliphatic heterocycles. The second kappa shape index (κ2) is 10.2. The first kappa shape index (κ1) is 13.1. The lowest BCUT2D eigenvalue weighted by Gasteiger charge is -2.13. The normalized spacial score (nSPS) is 11.9. The Bertz CT molecular complexity index is 183. The van der Waals surface area contributed by atoms with E-state index < -0.39 is 0 Å². The summed E-state index contributed by atoms with van der Waals surface area (Å²) in [6.07, 6.45) is 11.6. The topological polar surface area (TPSA) is 15.6 Å². The Morgan fingerprint density at radius 2 is 2.07 bits per heavy atom. The van der Waals surface area contributed by atoms with E-state index in [-0.39, 0.29) is 0 Å². The summed E-state index contributed by atoms with van der Waals surface area (Å²) in [6.45, 7) is 7.78. The van der Waals surface area contributed by atoms with Crippen LogP contribution < -0.4 is 0 Å². The van der Waals surface area contributed by atoms with Gasteiger partial charge in [0.2, 0.25) is 0 Å². The number of hydrogen-bond acceptors (Lipinski definition) is 2. The molecule has 0 heterocycles. The summed E-state index contributed by atoms with van der Waals surface area (Å²) in [5.74, 6) is 0. The van der Waals surface area contributed by atoms with Gasteiger partial charge >= 0.3 is 0 Å². The molecular weight excluding hydrogens is 172 g/mol. The van der Waals surface area contributed by atoms with Crippen LogP contribution in [0, 0.1) is 0 Å². The Morgan fingerprint density at radius 1 is 1.29 bits per heavy atom. The summed E-state index contributed by atoms with van der Waals surface area (Å²) in [5.41, 5.74) is 0. The molecule has 0 amide bonds. The molecule has 0 atom stereocenters. The number of likely N-dealkylation sites (N-methyl/N-ethyl adjacent to an activating group) is 1. The first-order valence-electron chi connectivity index (χ1n) is 5.27. The first-order chi connectivity index (χ1) is 6.81. The number of allylic oxidation sites excluding steroid dienone is 2. The van der Waals surface area contributed by atoms with Crippen molar-refractivity contribution in [2.45, 2.75) is 26.2 Å². The molecule has 0 aliphatic carbocycles. The number of aliphatic imine (C=N–C) groups is 1. The van der Waals surface area contributed by atoms with Crippen LogP contribution in [0.1, 0.15) is 26.2 Å². The van der Waals surface area contributed by atoms with E-state index in [1.165, 1.54) is 25.8 Å². The van der Waals surface area contributed by atoms with E-state index in [2.05, 4.69) is 36.7 Å². The molecule has 0 bridgehead atoms. The SMILES string of the molecule is C=N/C=C\C=C\CN(C)CCCCC. The quantitative estimate of drug-likeness (QED) is 0.329. The van der Waals surface area contributed by atoms with Crippen LogP contribution in [0.2, 0.25) is 0 Å². The van der Waals surface area contributed by atoms with E-state index in [4.69, 9.17) is 0 Å². The zero-order chi connectivity index (χ0) is 10.6. The lowest BCUT2D eigenvalue weighted by atomic mass is 10.2. The molecular formula is C12H22N2. The minimum Gasteiger partial charge on any atom is -0.303 e. The van der Waals surface area contributed by atoms with E-state index in [1.807, 2.05) is 12.2 Å². The van der Waals surface area contributed by atoms with Gasteiger partial charge in [0.05, 0.1) is 0 Å². The van der Waals surface area contributed by atoms with E-state index >= 15 is 0 Å². The molecule has 0 unspecified atom stereocenters. The highest BCUT2D eigenvalue weighted by Gasteiger charge is 1.93. The standard InChI is InChI=1S/C12H22N2/c1-4-5-8-11-14(3)12-9-6-7-10-13-2/h6-7,9-10H,2,4-5,8,11-12H2,1,3H3/b9-6+,10-7-. The van der Waals surface area contributed by atoms with Gasteiger partial charge in [-0.1, -0.05) is 31.9 Å². The van der Waals surface area contributed by atoms with Gasteiger partial charge in [-0.15, -0.1) is 0 Å². The molecule has 0 radical (unpaired) electrons. The molecule has 0 fully saturated rings. The molecule has 0 aliphatic rings. The highest BCUT2D eigenvalue weighted by atomic mass is 15.1. The van der Waals surface area contributed by atoms with Crippen molar-refractivity contribution >= 4 is 6.72 Å². The predicted molar refractivity (Wildman–Crippen MR) is 64.9 cm³/mol. The minimum absolute atomic E-state index is 1.01. The van der Waals surface area contributed by atoms with Gasteiger partial charge in [0.1, 0.15) is 0 Å². The maximum Gasteiger partial charge on any atom is 0.0260 e. The number of nitrogens with zero attached hydrogens (tertiary/aromatic N) is 2. The van der Waals surface area contributed by atoms with Crippen LogP contribution in [0.15, 0.2) is 29.4 Å². The fourth-order valence-corrected chi connectivity index (χ4v) is 1.15. The fourth-order valence-electron chi connectivity index (χ4n) is 1.15. The summed E-state index contributed by atoms with van der Waals surface area (Å²) in [5, 5.41) is 0. The van der Waals surface area contributed by atoms with Crippen LogP contribution >= 0.6 is 0 Å². The molecule has 0 N–H and O–H groups in total. The van der Waals surface area contributed by atoms with Crippen molar-refractivity contribution in [3.05, 3.63) is 24.4 Å². The summed E-state index contributed by atoms with van der Waals surface area (Å²) >= 11 is 0. The van der Waals surface area contributed by atoms with Crippen LogP contribution in [-0.2, 0) is 0 Å². The monoisotopic (exact) mass is 194 g/mol. The molecule has 2 nitrogen and oxygen atoms in total. The van der Waals surface area contributed by atoms with E-state index in [0.29, 0.717) is 0 Å². The third-order valence-electron chi connectivity index (χ3n) is 2.00. The molecule has 0 saturated heterocycles. The Hall–Kier alpha value is -0.890. The predicted octanol–water partition coefficient (Wildman–Crippen LogP) is 2.88.